The van der Waals surface area contributed by atoms with Gasteiger partial charge in [-0.3, -0.25) is 0 Å². The van der Waals surface area contributed by atoms with E-state index < -0.39 is 11.6 Å². The van der Waals surface area contributed by atoms with Crippen LogP contribution in [0.3, 0.4) is 0 Å². The highest BCUT2D eigenvalue weighted by atomic mass is 19.2. The van der Waals surface area contributed by atoms with Crippen LogP contribution in [-0.2, 0) is 6.42 Å². The van der Waals surface area contributed by atoms with E-state index in [0.717, 1.165) is 6.07 Å². The second-order valence-electron chi connectivity index (χ2n) is 3.87. The first kappa shape index (κ1) is 12.9. The summed E-state index contributed by atoms with van der Waals surface area (Å²) >= 11 is 0. The van der Waals surface area contributed by atoms with Gasteiger partial charge in [-0.15, -0.1) is 0 Å². The van der Waals surface area contributed by atoms with E-state index in [-0.39, 0.29) is 11.9 Å². The molecule has 1 aromatic rings. The minimum atomic E-state index is -0.901. The highest BCUT2D eigenvalue weighted by molar-refractivity contribution is 5.36. The summed E-state index contributed by atoms with van der Waals surface area (Å²) in [5.74, 6) is -1.74. The van der Waals surface area contributed by atoms with Crippen molar-refractivity contribution in [2.24, 2.45) is 0 Å². The lowest BCUT2D eigenvalue weighted by Crippen LogP contribution is -2.14. The SMILES string of the molecule is CNCCc1ccc(F)c(F)c1OC(C)C. The van der Waals surface area contributed by atoms with Gasteiger partial charge in [-0.2, -0.15) is 4.39 Å². The van der Waals surface area contributed by atoms with Crippen LogP contribution in [0.15, 0.2) is 12.1 Å². The van der Waals surface area contributed by atoms with Gasteiger partial charge in [-0.05, 0) is 45.5 Å². The predicted octanol–water partition coefficient (Wildman–Crippen LogP) is 2.51. The van der Waals surface area contributed by atoms with Crippen LogP contribution in [0.5, 0.6) is 5.75 Å². The molecule has 2 nitrogen and oxygen atoms in total. The van der Waals surface area contributed by atoms with Gasteiger partial charge in [0.15, 0.2) is 11.6 Å². The van der Waals surface area contributed by atoms with Crippen LogP contribution >= 0.6 is 0 Å². The van der Waals surface area contributed by atoms with Gasteiger partial charge in [0, 0.05) is 0 Å². The van der Waals surface area contributed by atoms with Crippen LogP contribution in [0.4, 0.5) is 8.78 Å². The van der Waals surface area contributed by atoms with Gasteiger partial charge in [0.1, 0.15) is 0 Å². The molecule has 0 aliphatic carbocycles. The first-order valence-electron chi connectivity index (χ1n) is 5.34. The number of ether oxygens (including phenoxy) is 1. The Morgan fingerprint density at radius 2 is 2.00 bits per heavy atom. The number of halogens is 2. The van der Waals surface area contributed by atoms with E-state index >= 15 is 0 Å². The Balaban J connectivity index is 3.01. The molecule has 0 saturated heterocycles. The Hall–Kier alpha value is -1.16. The molecule has 0 radical (unpaired) electrons. The lowest BCUT2D eigenvalue weighted by atomic mass is 10.1. The van der Waals surface area contributed by atoms with E-state index in [1.54, 1.807) is 19.9 Å². The summed E-state index contributed by atoms with van der Waals surface area (Å²) in [6.45, 7) is 4.26. The molecule has 0 unspecified atom stereocenters. The molecule has 0 amide bonds. The van der Waals surface area contributed by atoms with E-state index in [4.69, 9.17) is 4.74 Å². The highest BCUT2D eigenvalue weighted by Crippen LogP contribution is 2.26. The third-order valence-electron chi connectivity index (χ3n) is 2.13. The normalized spacial score (nSPS) is 10.9. The van der Waals surface area contributed by atoms with Crippen molar-refractivity contribution >= 4 is 0 Å². The molecule has 0 fully saturated rings. The van der Waals surface area contributed by atoms with Gasteiger partial charge in [-0.1, -0.05) is 6.07 Å². The predicted molar refractivity (Wildman–Crippen MR) is 59.8 cm³/mol. The summed E-state index contributed by atoms with van der Waals surface area (Å²) in [6, 6.07) is 2.70. The lowest BCUT2D eigenvalue weighted by Gasteiger charge is -2.15. The third-order valence-corrected chi connectivity index (χ3v) is 2.13. The molecular formula is C12H17F2NO. The quantitative estimate of drug-likeness (QED) is 0.837. The number of likely N-dealkylation sites (N-methyl/N-ethyl adjacent to an activating group) is 1. The Labute approximate surface area is 94.6 Å². The van der Waals surface area contributed by atoms with Crippen molar-refractivity contribution in [2.75, 3.05) is 13.6 Å². The number of benzene rings is 1. The maximum atomic E-state index is 13.5. The van der Waals surface area contributed by atoms with Crippen molar-refractivity contribution in [2.45, 2.75) is 26.4 Å². The fourth-order valence-corrected chi connectivity index (χ4v) is 1.39. The minimum Gasteiger partial charge on any atom is -0.488 e. The average molecular weight is 229 g/mol. The van der Waals surface area contributed by atoms with Crippen molar-refractivity contribution in [3.63, 3.8) is 0 Å². The van der Waals surface area contributed by atoms with Crippen molar-refractivity contribution in [3.05, 3.63) is 29.3 Å². The van der Waals surface area contributed by atoms with Crippen LogP contribution < -0.4 is 10.1 Å². The zero-order valence-corrected chi connectivity index (χ0v) is 9.81. The van der Waals surface area contributed by atoms with Crippen LogP contribution in [0.2, 0.25) is 0 Å². The van der Waals surface area contributed by atoms with Crippen LogP contribution in [-0.4, -0.2) is 19.7 Å². The maximum absolute atomic E-state index is 13.5. The monoisotopic (exact) mass is 229 g/mol. The fourth-order valence-electron chi connectivity index (χ4n) is 1.39. The van der Waals surface area contributed by atoms with Crippen LogP contribution in [0.1, 0.15) is 19.4 Å². The van der Waals surface area contributed by atoms with Gasteiger partial charge in [0.2, 0.25) is 5.82 Å². The Kier molecular flexibility index (Phi) is 4.68. The molecular weight excluding hydrogens is 212 g/mol. The topological polar surface area (TPSA) is 21.3 Å². The smallest absolute Gasteiger partial charge is 0.200 e. The molecule has 0 saturated carbocycles. The Morgan fingerprint density at radius 3 is 2.56 bits per heavy atom. The van der Waals surface area contributed by atoms with Gasteiger partial charge in [0.05, 0.1) is 6.10 Å². The van der Waals surface area contributed by atoms with Crippen LogP contribution in [0.25, 0.3) is 0 Å². The molecule has 0 aromatic heterocycles. The molecule has 1 rings (SSSR count). The Bertz CT molecular complexity index is 353. The minimum absolute atomic E-state index is 0.0326. The molecule has 16 heavy (non-hydrogen) atoms. The molecule has 1 N–H and O–H groups in total. The summed E-state index contributed by atoms with van der Waals surface area (Å²) in [4.78, 5) is 0. The molecule has 0 spiro atoms. The van der Waals surface area contributed by atoms with E-state index in [9.17, 15) is 8.78 Å². The number of hydrogen-bond donors (Lipinski definition) is 1. The maximum Gasteiger partial charge on any atom is 0.200 e. The van der Waals surface area contributed by atoms with Crippen molar-refractivity contribution < 1.29 is 13.5 Å². The van der Waals surface area contributed by atoms with Crippen molar-refractivity contribution in [3.8, 4) is 5.75 Å². The molecule has 4 heteroatoms. The second kappa shape index (κ2) is 5.80. The lowest BCUT2D eigenvalue weighted by molar-refractivity contribution is 0.225. The van der Waals surface area contributed by atoms with E-state index in [1.165, 1.54) is 0 Å². The Morgan fingerprint density at radius 1 is 1.31 bits per heavy atom. The first-order valence-corrected chi connectivity index (χ1v) is 5.34. The summed E-state index contributed by atoms with van der Waals surface area (Å²) in [5.41, 5.74) is 0.682. The van der Waals surface area contributed by atoms with Crippen molar-refractivity contribution in [1.29, 1.82) is 0 Å². The third kappa shape index (κ3) is 3.17. The average Bonchev–Trinajstić information content (AvgIpc) is 2.23. The molecule has 1 aromatic carbocycles. The van der Waals surface area contributed by atoms with E-state index in [2.05, 4.69) is 5.32 Å². The number of rotatable bonds is 5. The van der Waals surface area contributed by atoms with Gasteiger partial charge >= 0.3 is 0 Å². The standard InChI is InChI=1S/C12H17F2NO/c1-8(2)16-12-9(6-7-15-3)4-5-10(13)11(12)14/h4-5,8,15H,6-7H2,1-3H3. The second-order valence-corrected chi connectivity index (χ2v) is 3.87. The fraction of sp³-hybridized carbons (Fsp3) is 0.500. The highest BCUT2D eigenvalue weighted by Gasteiger charge is 2.15. The van der Waals surface area contributed by atoms with Gasteiger partial charge < -0.3 is 10.1 Å². The van der Waals surface area contributed by atoms with Crippen molar-refractivity contribution in [1.82, 2.24) is 5.32 Å². The molecule has 0 aliphatic rings. The summed E-state index contributed by atoms with van der Waals surface area (Å²) < 4.78 is 31.9. The molecule has 0 atom stereocenters. The van der Waals surface area contributed by atoms with Gasteiger partial charge in [0.25, 0.3) is 0 Å². The summed E-state index contributed by atoms with van der Waals surface area (Å²) in [5, 5.41) is 2.96. The van der Waals surface area contributed by atoms with E-state index in [1.807, 2.05) is 7.05 Å². The summed E-state index contributed by atoms with van der Waals surface area (Å²) in [6.07, 6.45) is 0.431. The first-order chi connectivity index (χ1) is 7.56. The van der Waals surface area contributed by atoms with Crippen LogP contribution in [0, 0.1) is 11.6 Å². The molecule has 0 aliphatic heterocycles. The zero-order chi connectivity index (χ0) is 12.1. The van der Waals surface area contributed by atoms with Gasteiger partial charge in [-0.25, -0.2) is 4.39 Å². The molecule has 0 heterocycles. The molecule has 90 valence electrons. The number of nitrogens with one attached hydrogen (secondary N) is 1. The zero-order valence-electron chi connectivity index (χ0n) is 9.81. The van der Waals surface area contributed by atoms with E-state index in [0.29, 0.717) is 18.5 Å². The largest absolute Gasteiger partial charge is 0.488 e. The number of hydrogen-bond acceptors (Lipinski definition) is 2. The molecule has 0 bridgehead atoms. The summed E-state index contributed by atoms with van der Waals surface area (Å²) in [7, 11) is 1.81.